The van der Waals surface area contributed by atoms with Gasteiger partial charge < -0.3 is 14.0 Å². The summed E-state index contributed by atoms with van der Waals surface area (Å²) in [6.45, 7) is -2.13. The van der Waals surface area contributed by atoms with Crippen molar-refractivity contribution in [1.29, 1.82) is 0 Å². The van der Waals surface area contributed by atoms with Crippen LogP contribution in [0.15, 0.2) is 12.4 Å². The van der Waals surface area contributed by atoms with E-state index in [9.17, 15) is 44.5 Å². The molecule has 0 aromatic carbocycles. The van der Waals surface area contributed by atoms with Gasteiger partial charge in [0.1, 0.15) is 0 Å². The number of carbonyl (C=O) groups excluding carboxylic acids is 2. The highest BCUT2D eigenvalue weighted by molar-refractivity contribution is 7.86. The first-order chi connectivity index (χ1) is 9.21. The lowest BCUT2D eigenvalue weighted by Crippen LogP contribution is -2.41. The van der Waals surface area contributed by atoms with E-state index in [2.05, 4.69) is 16.1 Å². The van der Waals surface area contributed by atoms with Gasteiger partial charge in [0.15, 0.2) is 23.3 Å². The minimum Gasteiger partial charge on any atom is -0.743 e. The van der Waals surface area contributed by atoms with Crippen molar-refractivity contribution in [3.8, 4) is 0 Å². The van der Waals surface area contributed by atoms with Crippen LogP contribution < -0.4 is 0 Å². The molecule has 0 saturated carbocycles. The number of rotatable bonds is 7. The van der Waals surface area contributed by atoms with Crippen LogP contribution in [0.25, 0.3) is 0 Å². The Morgan fingerprint density at radius 3 is 1.95 bits per heavy atom. The Labute approximate surface area is 114 Å². The molecule has 0 bridgehead atoms. The lowest BCUT2D eigenvalue weighted by molar-refractivity contribution is -0.187. The van der Waals surface area contributed by atoms with E-state index in [-0.39, 0.29) is 0 Å². The lowest BCUT2D eigenvalue weighted by Gasteiger charge is -2.21. The average molecular weight is 341 g/mol. The molecular formula is C8H6F5O7S-. The van der Waals surface area contributed by atoms with Crippen molar-refractivity contribution in [2.75, 3.05) is 13.2 Å². The largest absolute Gasteiger partial charge is 0.743 e. The highest BCUT2D eigenvalue weighted by Gasteiger charge is 2.46. The third-order valence-corrected chi connectivity index (χ3v) is 2.49. The van der Waals surface area contributed by atoms with Crippen LogP contribution in [0.1, 0.15) is 0 Å². The van der Waals surface area contributed by atoms with Crippen LogP contribution in [0.2, 0.25) is 0 Å². The number of carbonyl (C=O) groups is 2. The maximum absolute atomic E-state index is 12.9. The Morgan fingerprint density at radius 2 is 1.57 bits per heavy atom. The molecule has 0 aromatic heterocycles. The molecule has 0 aliphatic heterocycles. The van der Waals surface area contributed by atoms with Gasteiger partial charge in [-0.1, -0.05) is 6.58 Å². The first kappa shape index (κ1) is 19.2. The highest BCUT2D eigenvalue weighted by Crippen LogP contribution is 2.23. The molecule has 0 heterocycles. The Bertz CT molecular complexity index is 541. The summed E-state index contributed by atoms with van der Waals surface area (Å²) in [6.07, 6.45) is 0. The topological polar surface area (TPSA) is 110 Å². The molecule has 21 heavy (non-hydrogen) atoms. The molecule has 0 amide bonds. The van der Waals surface area contributed by atoms with Crippen molar-refractivity contribution in [2.45, 2.75) is 11.2 Å². The second-order valence-corrected chi connectivity index (χ2v) is 4.86. The Hall–Kier alpha value is -1.76. The van der Waals surface area contributed by atoms with Gasteiger partial charge in [0, 0.05) is 0 Å². The molecule has 13 heteroatoms. The number of ether oxygens (including phenoxy) is 2. The summed E-state index contributed by atoms with van der Waals surface area (Å²) in [7, 11) is -6.23. The number of esters is 2. The zero-order valence-electron chi connectivity index (χ0n) is 9.78. The second kappa shape index (κ2) is 6.34. The molecule has 0 saturated heterocycles. The highest BCUT2D eigenvalue weighted by atomic mass is 32.2. The molecule has 0 aliphatic carbocycles. The number of alkyl halides is 4. The summed E-state index contributed by atoms with van der Waals surface area (Å²) in [5.74, 6) is -11.1. The maximum atomic E-state index is 12.9. The molecular weight excluding hydrogens is 335 g/mol. The molecule has 122 valence electrons. The van der Waals surface area contributed by atoms with E-state index in [1.807, 2.05) is 0 Å². The van der Waals surface area contributed by atoms with E-state index < -0.39 is 52.3 Å². The minimum absolute atomic E-state index is 1.76. The fourth-order valence-electron chi connectivity index (χ4n) is 0.621. The first-order valence-corrected chi connectivity index (χ1v) is 6.01. The zero-order chi connectivity index (χ0) is 17.1. The van der Waals surface area contributed by atoms with E-state index >= 15 is 0 Å². The van der Waals surface area contributed by atoms with Crippen molar-refractivity contribution in [3.63, 3.8) is 0 Å². The molecule has 0 radical (unpaired) electrons. The molecule has 7 nitrogen and oxygen atoms in total. The Morgan fingerprint density at radius 1 is 1.10 bits per heavy atom. The molecule has 0 aliphatic rings. The van der Waals surface area contributed by atoms with Gasteiger partial charge in [0.05, 0.1) is 0 Å². The quantitative estimate of drug-likeness (QED) is 0.284. The molecule has 0 atom stereocenters. The Balaban J connectivity index is 4.65. The van der Waals surface area contributed by atoms with Gasteiger partial charge in [-0.05, 0) is 0 Å². The summed E-state index contributed by atoms with van der Waals surface area (Å²) in [6, 6.07) is 0. The first-order valence-electron chi connectivity index (χ1n) is 4.60. The van der Waals surface area contributed by atoms with Crippen molar-refractivity contribution in [2.24, 2.45) is 0 Å². The fourth-order valence-corrected chi connectivity index (χ4v) is 0.824. The SMILES string of the molecule is C=C(F)C(=O)OCC(F)(F)C(=O)OCC(F)(F)S(=O)(=O)[O-]. The third-order valence-electron chi connectivity index (χ3n) is 1.64. The molecule has 0 spiro atoms. The van der Waals surface area contributed by atoms with Crippen molar-refractivity contribution in [3.05, 3.63) is 12.4 Å². The molecule has 0 rings (SSSR count). The van der Waals surface area contributed by atoms with Crippen LogP contribution in [0.5, 0.6) is 0 Å². The minimum atomic E-state index is -6.23. The van der Waals surface area contributed by atoms with Crippen LogP contribution in [0.4, 0.5) is 22.0 Å². The standard InChI is InChI=1S/C8H7F5O7S/c1-4(9)5(14)19-2-7(10,11)6(15)20-3-8(12,13)21(16,17)18/h1-3H2,(H,16,17,18)/p-1. The second-order valence-electron chi connectivity index (χ2n) is 3.35. The van der Waals surface area contributed by atoms with E-state index in [1.165, 1.54) is 0 Å². The van der Waals surface area contributed by atoms with Gasteiger partial charge in [-0.2, -0.15) is 22.0 Å². The van der Waals surface area contributed by atoms with Crippen molar-refractivity contribution in [1.82, 2.24) is 0 Å². The van der Waals surface area contributed by atoms with Gasteiger partial charge in [0.2, 0.25) is 5.83 Å². The predicted octanol–water partition coefficient (Wildman–Crippen LogP) is 0.329. The van der Waals surface area contributed by atoms with Crippen LogP contribution in [0.3, 0.4) is 0 Å². The third kappa shape index (κ3) is 5.63. The predicted molar refractivity (Wildman–Crippen MR) is 51.8 cm³/mol. The smallest absolute Gasteiger partial charge is 0.381 e. The number of hydrogen-bond acceptors (Lipinski definition) is 7. The summed E-state index contributed by atoms with van der Waals surface area (Å²) in [5.41, 5.74) is 0. The van der Waals surface area contributed by atoms with Crippen molar-refractivity contribution >= 4 is 22.1 Å². The fraction of sp³-hybridized carbons (Fsp3) is 0.500. The molecule has 0 aromatic rings. The van der Waals surface area contributed by atoms with E-state index in [1.54, 1.807) is 0 Å². The summed E-state index contributed by atoms with van der Waals surface area (Å²) in [4.78, 5) is 21.1. The van der Waals surface area contributed by atoms with Crippen LogP contribution in [-0.2, 0) is 29.2 Å². The molecule has 0 unspecified atom stereocenters. The Kier molecular flexibility index (Phi) is 5.81. The van der Waals surface area contributed by atoms with Gasteiger partial charge in [-0.25, -0.2) is 18.0 Å². The maximum Gasteiger partial charge on any atom is 0.381 e. The van der Waals surface area contributed by atoms with E-state index in [0.29, 0.717) is 0 Å². The van der Waals surface area contributed by atoms with E-state index in [4.69, 9.17) is 0 Å². The molecule has 0 fully saturated rings. The van der Waals surface area contributed by atoms with Crippen molar-refractivity contribution < 1.29 is 54.0 Å². The summed E-state index contributed by atoms with van der Waals surface area (Å²) in [5, 5.41) is -5.12. The van der Waals surface area contributed by atoms with Gasteiger partial charge in [-0.3, -0.25) is 0 Å². The summed E-state index contributed by atoms with van der Waals surface area (Å²) >= 11 is 0. The van der Waals surface area contributed by atoms with Crippen LogP contribution >= 0.6 is 0 Å². The monoisotopic (exact) mass is 341 g/mol. The van der Waals surface area contributed by atoms with E-state index in [0.717, 1.165) is 0 Å². The lowest BCUT2D eigenvalue weighted by atomic mass is 10.3. The molecule has 0 N–H and O–H groups in total. The van der Waals surface area contributed by atoms with Gasteiger partial charge >= 0.3 is 23.1 Å². The average Bonchev–Trinajstić information content (AvgIpc) is 2.31. The normalized spacial score (nSPS) is 12.7. The summed E-state index contributed by atoms with van der Waals surface area (Å²) < 4.78 is 99.8. The van der Waals surface area contributed by atoms with Crippen LogP contribution in [-0.4, -0.2) is 49.3 Å². The van der Waals surface area contributed by atoms with Crippen LogP contribution in [0, 0.1) is 0 Å². The van der Waals surface area contributed by atoms with Gasteiger partial charge in [0.25, 0.3) is 0 Å². The number of hydrogen-bond donors (Lipinski definition) is 0. The van der Waals surface area contributed by atoms with Gasteiger partial charge in [-0.15, -0.1) is 0 Å². The zero-order valence-corrected chi connectivity index (χ0v) is 10.6. The number of halogens is 5.